The summed E-state index contributed by atoms with van der Waals surface area (Å²) in [5, 5.41) is 0. The van der Waals surface area contributed by atoms with E-state index in [2.05, 4.69) is 0 Å². The normalized spacial score (nSPS) is 17.6. The molecule has 0 aromatic rings. The molecule has 1 aliphatic rings. The van der Waals surface area contributed by atoms with Gasteiger partial charge in [0.1, 0.15) is 0 Å². The summed E-state index contributed by atoms with van der Waals surface area (Å²) in [5.74, 6) is -0.175. The summed E-state index contributed by atoms with van der Waals surface area (Å²) >= 11 is 1.43. The zero-order chi connectivity index (χ0) is 10.1. The average Bonchev–Trinajstić information content (AvgIpc) is 1.94. The molecule has 1 rings (SSSR count). The molecule has 0 saturated heterocycles. The van der Waals surface area contributed by atoms with Gasteiger partial charge in [-0.3, -0.25) is 9.59 Å². The van der Waals surface area contributed by atoms with E-state index in [9.17, 15) is 9.59 Å². The van der Waals surface area contributed by atoms with Crippen molar-refractivity contribution in [3.05, 3.63) is 23.1 Å². The second-order valence-electron chi connectivity index (χ2n) is 3.82. The Hall–Kier alpha value is -0.830. The molecule has 0 aromatic heterocycles. The fourth-order valence-corrected chi connectivity index (χ4v) is 1.90. The van der Waals surface area contributed by atoms with Crippen LogP contribution in [0.4, 0.5) is 0 Å². The number of rotatable bonds is 1. The van der Waals surface area contributed by atoms with Crippen molar-refractivity contribution < 1.29 is 9.59 Å². The van der Waals surface area contributed by atoms with E-state index in [1.807, 2.05) is 20.8 Å². The van der Waals surface area contributed by atoms with Crippen molar-refractivity contribution in [1.29, 1.82) is 0 Å². The maximum absolute atomic E-state index is 11.3. The van der Waals surface area contributed by atoms with Gasteiger partial charge in [0.25, 0.3) is 0 Å². The monoisotopic (exact) mass is 196 g/mol. The third kappa shape index (κ3) is 3.19. The van der Waals surface area contributed by atoms with Crippen LogP contribution < -0.4 is 0 Å². The highest BCUT2D eigenvalue weighted by atomic mass is 32.2. The molecule has 0 atom stereocenters. The zero-order valence-electron chi connectivity index (χ0n) is 7.96. The molecule has 13 heavy (non-hydrogen) atoms. The third-order valence-electron chi connectivity index (χ3n) is 1.33. The number of hydrogen-bond acceptors (Lipinski definition) is 3. The summed E-state index contributed by atoms with van der Waals surface area (Å²) in [7, 11) is 0. The van der Waals surface area contributed by atoms with Crippen LogP contribution in [-0.4, -0.2) is 16.3 Å². The molecule has 0 N–H and O–H groups in total. The second kappa shape index (κ2) is 3.50. The topological polar surface area (TPSA) is 34.1 Å². The van der Waals surface area contributed by atoms with Gasteiger partial charge in [-0.2, -0.15) is 0 Å². The van der Waals surface area contributed by atoms with Gasteiger partial charge in [0.15, 0.2) is 11.6 Å². The highest BCUT2D eigenvalue weighted by Gasteiger charge is 2.20. The minimum atomic E-state index is -0.105. The first kappa shape index (κ1) is 10.3. The van der Waals surface area contributed by atoms with Crippen LogP contribution in [0.2, 0.25) is 0 Å². The van der Waals surface area contributed by atoms with Crippen LogP contribution in [-0.2, 0) is 9.59 Å². The Bertz CT molecular complexity index is 305. The lowest BCUT2D eigenvalue weighted by atomic mass is 10.2. The maximum atomic E-state index is 11.3. The SMILES string of the molecule is CC(C)(C)SC1=CC(=O)C=CC1=O. The van der Waals surface area contributed by atoms with E-state index in [0.717, 1.165) is 0 Å². The van der Waals surface area contributed by atoms with Gasteiger partial charge in [-0.25, -0.2) is 0 Å². The summed E-state index contributed by atoms with van der Waals surface area (Å²) < 4.78 is -0.0348. The largest absolute Gasteiger partial charge is 0.290 e. The molecule has 0 aromatic carbocycles. The standard InChI is InChI=1S/C10H12O2S/c1-10(2,3)13-9-6-7(11)4-5-8(9)12/h4-6H,1-3H3. The van der Waals surface area contributed by atoms with Crippen molar-refractivity contribution >= 4 is 23.3 Å². The van der Waals surface area contributed by atoms with Crippen LogP contribution in [0.15, 0.2) is 23.1 Å². The number of allylic oxidation sites excluding steroid dienone is 4. The molecule has 0 radical (unpaired) electrons. The fraction of sp³-hybridized carbons (Fsp3) is 0.400. The molecule has 0 aliphatic heterocycles. The number of ketones is 2. The first-order chi connectivity index (χ1) is 5.88. The Labute approximate surface area is 82.1 Å². The van der Waals surface area contributed by atoms with Crippen molar-refractivity contribution in [2.45, 2.75) is 25.5 Å². The van der Waals surface area contributed by atoms with Gasteiger partial charge in [0.05, 0.1) is 4.91 Å². The van der Waals surface area contributed by atoms with Crippen LogP contribution >= 0.6 is 11.8 Å². The van der Waals surface area contributed by atoms with Gasteiger partial charge in [-0.1, -0.05) is 20.8 Å². The molecular weight excluding hydrogens is 184 g/mol. The van der Waals surface area contributed by atoms with Gasteiger partial charge in [-0.15, -0.1) is 11.8 Å². The Kier molecular flexibility index (Phi) is 2.76. The number of carbonyl (C=O) groups is 2. The Morgan fingerprint density at radius 2 is 1.77 bits per heavy atom. The number of thioether (sulfide) groups is 1. The molecule has 0 unspecified atom stereocenters. The molecule has 0 bridgehead atoms. The van der Waals surface area contributed by atoms with E-state index < -0.39 is 0 Å². The number of hydrogen-bond donors (Lipinski definition) is 0. The molecule has 0 amide bonds. The first-order valence-electron chi connectivity index (χ1n) is 4.05. The van der Waals surface area contributed by atoms with Gasteiger partial charge < -0.3 is 0 Å². The van der Waals surface area contributed by atoms with E-state index >= 15 is 0 Å². The summed E-state index contributed by atoms with van der Waals surface area (Å²) in [6.45, 7) is 6.03. The van der Waals surface area contributed by atoms with Gasteiger partial charge >= 0.3 is 0 Å². The predicted octanol–water partition coefficient (Wildman–Crippen LogP) is 2.11. The zero-order valence-corrected chi connectivity index (χ0v) is 8.77. The predicted molar refractivity (Wildman–Crippen MR) is 54.6 cm³/mol. The minimum Gasteiger partial charge on any atom is -0.290 e. The van der Waals surface area contributed by atoms with Crippen molar-refractivity contribution in [3.8, 4) is 0 Å². The van der Waals surface area contributed by atoms with E-state index in [1.165, 1.54) is 30.0 Å². The lowest BCUT2D eigenvalue weighted by Crippen LogP contribution is -2.13. The summed E-state index contributed by atoms with van der Waals surface area (Å²) in [6.07, 6.45) is 4.03. The van der Waals surface area contributed by atoms with Crippen LogP contribution in [0.1, 0.15) is 20.8 Å². The maximum Gasteiger partial charge on any atom is 0.192 e. The molecule has 0 saturated carbocycles. The van der Waals surface area contributed by atoms with Crippen LogP contribution in [0.25, 0.3) is 0 Å². The quantitative estimate of drug-likeness (QED) is 0.602. The smallest absolute Gasteiger partial charge is 0.192 e. The van der Waals surface area contributed by atoms with Crippen LogP contribution in [0.5, 0.6) is 0 Å². The van der Waals surface area contributed by atoms with E-state index in [1.54, 1.807) is 0 Å². The van der Waals surface area contributed by atoms with Crippen molar-refractivity contribution in [2.24, 2.45) is 0 Å². The molecule has 3 heteroatoms. The van der Waals surface area contributed by atoms with Crippen molar-refractivity contribution in [1.82, 2.24) is 0 Å². The molecule has 2 nitrogen and oxygen atoms in total. The van der Waals surface area contributed by atoms with Gasteiger partial charge in [-0.05, 0) is 12.2 Å². The summed E-state index contributed by atoms with van der Waals surface area (Å²) in [5.41, 5.74) is 0. The molecule has 0 spiro atoms. The third-order valence-corrected chi connectivity index (χ3v) is 2.48. The lowest BCUT2D eigenvalue weighted by Gasteiger charge is -2.19. The van der Waals surface area contributed by atoms with Crippen LogP contribution in [0, 0.1) is 0 Å². The lowest BCUT2D eigenvalue weighted by molar-refractivity contribution is -0.114. The van der Waals surface area contributed by atoms with Gasteiger partial charge in [0, 0.05) is 10.8 Å². The van der Waals surface area contributed by atoms with E-state index in [-0.39, 0.29) is 16.3 Å². The first-order valence-corrected chi connectivity index (χ1v) is 4.87. The Morgan fingerprint density at radius 3 is 2.31 bits per heavy atom. The Balaban J connectivity index is 2.80. The minimum absolute atomic E-state index is 0.0348. The molecule has 70 valence electrons. The number of carbonyl (C=O) groups excluding carboxylic acids is 2. The summed E-state index contributed by atoms with van der Waals surface area (Å²) in [6, 6.07) is 0. The molecular formula is C10H12O2S. The Morgan fingerprint density at radius 1 is 1.15 bits per heavy atom. The van der Waals surface area contributed by atoms with Crippen LogP contribution in [0.3, 0.4) is 0 Å². The fourth-order valence-electron chi connectivity index (χ4n) is 0.898. The average molecular weight is 196 g/mol. The molecule has 0 heterocycles. The molecule has 0 fully saturated rings. The second-order valence-corrected chi connectivity index (χ2v) is 5.69. The summed E-state index contributed by atoms with van der Waals surface area (Å²) in [4.78, 5) is 22.8. The van der Waals surface area contributed by atoms with E-state index in [0.29, 0.717) is 4.91 Å². The van der Waals surface area contributed by atoms with Crippen molar-refractivity contribution in [3.63, 3.8) is 0 Å². The molecule has 1 aliphatic carbocycles. The van der Waals surface area contributed by atoms with E-state index in [4.69, 9.17) is 0 Å². The van der Waals surface area contributed by atoms with Crippen molar-refractivity contribution in [2.75, 3.05) is 0 Å². The van der Waals surface area contributed by atoms with Gasteiger partial charge in [0.2, 0.25) is 0 Å². The highest BCUT2D eigenvalue weighted by molar-refractivity contribution is 8.05. The highest BCUT2D eigenvalue weighted by Crippen LogP contribution is 2.32.